The van der Waals surface area contributed by atoms with Crippen LogP contribution in [0.25, 0.3) is 11.3 Å². The molecule has 0 bridgehead atoms. The molecule has 0 saturated carbocycles. The number of piperazine rings is 1. The summed E-state index contributed by atoms with van der Waals surface area (Å²) < 4.78 is 5.26. The topological polar surface area (TPSA) is 92.7 Å². The lowest BCUT2D eigenvalue weighted by Crippen LogP contribution is -2.48. The highest BCUT2D eigenvalue weighted by atomic mass is 16.6. The predicted molar refractivity (Wildman–Crippen MR) is 103 cm³/mol. The SMILES string of the molecule is O=C(c1ccc(-c2cnco2)cc1)N1CCN(c2ccc([N+](=O)[O-])cc2)CC1. The number of carbonyl (C=O) groups excluding carboxylic acids is 1. The maximum atomic E-state index is 12.8. The van der Waals surface area contributed by atoms with Crippen LogP contribution in [-0.4, -0.2) is 46.9 Å². The number of hydrogen-bond donors (Lipinski definition) is 0. The van der Waals surface area contributed by atoms with Gasteiger partial charge in [0.2, 0.25) is 0 Å². The first-order valence-corrected chi connectivity index (χ1v) is 8.89. The second kappa shape index (κ2) is 7.51. The van der Waals surface area contributed by atoms with E-state index < -0.39 is 4.92 Å². The van der Waals surface area contributed by atoms with Crippen molar-refractivity contribution >= 4 is 17.3 Å². The monoisotopic (exact) mass is 378 g/mol. The van der Waals surface area contributed by atoms with Crippen molar-refractivity contribution in [2.75, 3.05) is 31.1 Å². The maximum Gasteiger partial charge on any atom is 0.269 e. The van der Waals surface area contributed by atoms with Gasteiger partial charge in [-0.3, -0.25) is 14.9 Å². The number of hydrogen-bond acceptors (Lipinski definition) is 6. The fourth-order valence-corrected chi connectivity index (χ4v) is 3.27. The van der Waals surface area contributed by atoms with Gasteiger partial charge in [0.05, 0.1) is 11.1 Å². The van der Waals surface area contributed by atoms with Crippen LogP contribution in [0.15, 0.2) is 65.5 Å². The Bertz CT molecular complexity index is 960. The third-order valence-electron chi connectivity index (χ3n) is 4.84. The Balaban J connectivity index is 1.38. The second-order valence-corrected chi connectivity index (χ2v) is 6.50. The predicted octanol–water partition coefficient (Wildman–Crippen LogP) is 3.21. The molecule has 1 saturated heterocycles. The number of nitro groups is 1. The molecule has 4 rings (SSSR count). The van der Waals surface area contributed by atoms with Gasteiger partial charge in [-0.05, 0) is 24.3 Å². The summed E-state index contributed by atoms with van der Waals surface area (Å²) in [5.41, 5.74) is 2.50. The van der Waals surface area contributed by atoms with E-state index in [0.29, 0.717) is 37.5 Å². The minimum absolute atomic E-state index is 0.00697. The largest absolute Gasteiger partial charge is 0.444 e. The van der Waals surface area contributed by atoms with Crippen LogP contribution in [0.2, 0.25) is 0 Å². The Hall–Kier alpha value is -3.68. The first kappa shape index (κ1) is 17.7. The molecular formula is C20H18N4O4. The Morgan fingerprint density at radius 1 is 1.00 bits per heavy atom. The molecule has 0 atom stereocenters. The summed E-state index contributed by atoms with van der Waals surface area (Å²) >= 11 is 0. The summed E-state index contributed by atoms with van der Waals surface area (Å²) in [7, 11) is 0. The molecule has 142 valence electrons. The Labute approximate surface area is 161 Å². The number of amides is 1. The quantitative estimate of drug-likeness (QED) is 0.511. The molecule has 0 spiro atoms. The van der Waals surface area contributed by atoms with Crippen LogP contribution in [0, 0.1) is 10.1 Å². The van der Waals surface area contributed by atoms with Crippen molar-refractivity contribution in [1.82, 2.24) is 9.88 Å². The molecular weight excluding hydrogens is 360 g/mol. The molecule has 8 nitrogen and oxygen atoms in total. The highest BCUT2D eigenvalue weighted by molar-refractivity contribution is 5.94. The van der Waals surface area contributed by atoms with Crippen molar-refractivity contribution in [3.8, 4) is 11.3 Å². The molecule has 0 aliphatic carbocycles. The van der Waals surface area contributed by atoms with Gasteiger partial charge in [-0.1, -0.05) is 12.1 Å². The van der Waals surface area contributed by atoms with Gasteiger partial charge in [-0.25, -0.2) is 4.98 Å². The van der Waals surface area contributed by atoms with E-state index in [1.165, 1.54) is 18.5 Å². The van der Waals surface area contributed by atoms with Crippen molar-refractivity contribution in [3.05, 3.63) is 76.8 Å². The van der Waals surface area contributed by atoms with Crippen molar-refractivity contribution < 1.29 is 14.1 Å². The number of benzene rings is 2. The van der Waals surface area contributed by atoms with Crippen LogP contribution < -0.4 is 4.90 Å². The van der Waals surface area contributed by atoms with Crippen molar-refractivity contribution in [3.63, 3.8) is 0 Å². The molecule has 2 aromatic carbocycles. The van der Waals surface area contributed by atoms with Crippen molar-refractivity contribution in [2.45, 2.75) is 0 Å². The molecule has 3 aromatic rings. The molecule has 2 heterocycles. The molecule has 28 heavy (non-hydrogen) atoms. The molecule has 1 fully saturated rings. The second-order valence-electron chi connectivity index (χ2n) is 6.50. The first-order valence-electron chi connectivity index (χ1n) is 8.89. The lowest BCUT2D eigenvalue weighted by atomic mass is 10.1. The maximum absolute atomic E-state index is 12.8. The number of carbonyl (C=O) groups is 1. The number of nitro benzene ring substituents is 1. The normalized spacial score (nSPS) is 14.1. The summed E-state index contributed by atoms with van der Waals surface area (Å²) in [6.07, 6.45) is 3.01. The van der Waals surface area contributed by atoms with Gasteiger partial charge in [-0.15, -0.1) is 0 Å². The molecule has 0 radical (unpaired) electrons. The van der Waals surface area contributed by atoms with E-state index >= 15 is 0 Å². The third-order valence-corrected chi connectivity index (χ3v) is 4.84. The average Bonchev–Trinajstić information content (AvgIpc) is 3.28. The molecule has 1 aliphatic rings. The fourth-order valence-electron chi connectivity index (χ4n) is 3.27. The summed E-state index contributed by atoms with van der Waals surface area (Å²) in [5.74, 6) is 0.656. The molecule has 1 aromatic heterocycles. The third kappa shape index (κ3) is 3.57. The highest BCUT2D eigenvalue weighted by Gasteiger charge is 2.22. The van der Waals surface area contributed by atoms with Crippen LogP contribution in [0.1, 0.15) is 10.4 Å². The number of oxazole rings is 1. The van der Waals surface area contributed by atoms with Gasteiger partial charge >= 0.3 is 0 Å². The number of rotatable bonds is 4. The lowest BCUT2D eigenvalue weighted by molar-refractivity contribution is -0.384. The van der Waals surface area contributed by atoms with Crippen LogP contribution in [0.5, 0.6) is 0 Å². The first-order chi connectivity index (χ1) is 13.6. The van der Waals surface area contributed by atoms with Crippen molar-refractivity contribution in [2.24, 2.45) is 0 Å². The van der Waals surface area contributed by atoms with Gasteiger partial charge in [0.25, 0.3) is 11.6 Å². The van der Waals surface area contributed by atoms with E-state index in [9.17, 15) is 14.9 Å². The molecule has 0 unspecified atom stereocenters. The van der Waals surface area contributed by atoms with Crippen LogP contribution in [0.3, 0.4) is 0 Å². The highest BCUT2D eigenvalue weighted by Crippen LogP contribution is 2.22. The minimum atomic E-state index is -0.409. The van der Waals surface area contributed by atoms with Crippen LogP contribution in [0.4, 0.5) is 11.4 Å². The van der Waals surface area contributed by atoms with Gasteiger partial charge in [0.1, 0.15) is 0 Å². The Morgan fingerprint density at radius 2 is 1.68 bits per heavy atom. The van der Waals surface area contributed by atoms with E-state index in [1.807, 2.05) is 17.0 Å². The van der Waals surface area contributed by atoms with Crippen LogP contribution in [-0.2, 0) is 0 Å². The number of non-ortho nitro benzene ring substituents is 1. The number of nitrogens with zero attached hydrogens (tertiary/aromatic N) is 4. The lowest BCUT2D eigenvalue weighted by Gasteiger charge is -2.36. The molecule has 0 N–H and O–H groups in total. The van der Waals surface area contributed by atoms with E-state index in [1.54, 1.807) is 30.5 Å². The van der Waals surface area contributed by atoms with E-state index in [-0.39, 0.29) is 11.6 Å². The van der Waals surface area contributed by atoms with Gasteiger partial charge in [0.15, 0.2) is 12.2 Å². The van der Waals surface area contributed by atoms with Crippen molar-refractivity contribution in [1.29, 1.82) is 0 Å². The molecule has 1 aliphatic heterocycles. The Kier molecular flexibility index (Phi) is 4.76. The smallest absolute Gasteiger partial charge is 0.269 e. The van der Waals surface area contributed by atoms with E-state index in [4.69, 9.17) is 4.42 Å². The summed E-state index contributed by atoms with van der Waals surface area (Å²) in [5, 5.41) is 10.8. The van der Waals surface area contributed by atoms with E-state index in [2.05, 4.69) is 9.88 Å². The minimum Gasteiger partial charge on any atom is -0.444 e. The van der Waals surface area contributed by atoms with Gasteiger partial charge in [0, 0.05) is 55.1 Å². The number of aromatic nitrogens is 1. The van der Waals surface area contributed by atoms with Crippen LogP contribution >= 0.6 is 0 Å². The summed E-state index contributed by atoms with van der Waals surface area (Å²) in [4.78, 5) is 31.0. The molecule has 1 amide bonds. The van der Waals surface area contributed by atoms with Gasteiger partial charge < -0.3 is 14.2 Å². The zero-order chi connectivity index (χ0) is 19.5. The number of anilines is 1. The summed E-state index contributed by atoms with van der Waals surface area (Å²) in [6, 6.07) is 13.8. The standard InChI is InChI=1S/C20H18N4O4/c25-20(16-3-1-15(2-4-16)19-13-21-14-28-19)23-11-9-22(10-12-23)17-5-7-18(8-6-17)24(26)27/h1-8,13-14H,9-12H2. The summed E-state index contributed by atoms with van der Waals surface area (Å²) in [6.45, 7) is 2.55. The van der Waals surface area contributed by atoms with Gasteiger partial charge in [-0.2, -0.15) is 0 Å². The van der Waals surface area contributed by atoms with E-state index in [0.717, 1.165) is 11.3 Å². The molecule has 8 heteroatoms. The Morgan fingerprint density at radius 3 is 2.25 bits per heavy atom. The fraction of sp³-hybridized carbons (Fsp3) is 0.200. The average molecular weight is 378 g/mol. The zero-order valence-corrected chi connectivity index (χ0v) is 15.0. The zero-order valence-electron chi connectivity index (χ0n) is 15.0.